The van der Waals surface area contributed by atoms with Crippen molar-refractivity contribution in [2.75, 3.05) is 24.2 Å². The number of carbonyl (C=O) groups excluding carboxylic acids is 1. The van der Waals surface area contributed by atoms with E-state index < -0.39 is 21.9 Å². The van der Waals surface area contributed by atoms with Gasteiger partial charge in [-0.2, -0.15) is 13.2 Å². The molecule has 128 valence electrons. The van der Waals surface area contributed by atoms with Crippen molar-refractivity contribution in [3.63, 3.8) is 0 Å². The number of alkyl halides is 3. The van der Waals surface area contributed by atoms with E-state index >= 15 is 0 Å². The van der Waals surface area contributed by atoms with Crippen LogP contribution in [0.2, 0.25) is 0 Å². The Bertz CT molecular complexity index is 705. The summed E-state index contributed by atoms with van der Waals surface area (Å²) in [6.45, 7) is 1.57. The zero-order valence-electron chi connectivity index (χ0n) is 12.9. The number of nitrogens with zero attached hydrogens (tertiary/aromatic N) is 1. The van der Waals surface area contributed by atoms with E-state index in [1.807, 2.05) is 0 Å². The van der Waals surface area contributed by atoms with Gasteiger partial charge in [-0.3, -0.25) is 4.79 Å². The molecule has 8 heteroatoms. The van der Waals surface area contributed by atoms with Gasteiger partial charge >= 0.3 is 6.18 Å². The minimum atomic E-state index is -4.23. The molecule has 0 bridgehead atoms. The Hall–Kier alpha value is -1.57. The Morgan fingerprint density at radius 2 is 1.78 bits per heavy atom. The molecule has 1 aliphatic heterocycles. The fourth-order valence-electron chi connectivity index (χ4n) is 2.74. The van der Waals surface area contributed by atoms with Crippen molar-refractivity contribution < 1.29 is 26.4 Å². The summed E-state index contributed by atoms with van der Waals surface area (Å²) in [4.78, 5) is 13.2. The summed E-state index contributed by atoms with van der Waals surface area (Å²) >= 11 is 0. The minimum absolute atomic E-state index is 0.0351. The van der Waals surface area contributed by atoms with Gasteiger partial charge in [0.05, 0.1) is 16.5 Å². The van der Waals surface area contributed by atoms with Gasteiger partial charge in [-0.05, 0) is 38.0 Å². The molecule has 0 spiro atoms. The van der Waals surface area contributed by atoms with Crippen LogP contribution in [-0.4, -0.2) is 39.7 Å². The molecule has 2 rings (SSSR count). The van der Waals surface area contributed by atoms with Gasteiger partial charge in [0.1, 0.15) is 0 Å². The molecule has 0 unspecified atom stereocenters. The maximum Gasteiger partial charge on any atom is 0.391 e. The van der Waals surface area contributed by atoms with Crippen LogP contribution in [0.5, 0.6) is 0 Å². The van der Waals surface area contributed by atoms with Crippen LogP contribution in [0.15, 0.2) is 23.1 Å². The van der Waals surface area contributed by atoms with Crippen LogP contribution < -0.4 is 4.90 Å². The number of Topliss-reactive ketones (excluding diaryl/α,β-unsaturated/α-hetero) is 1. The highest BCUT2D eigenvalue weighted by Gasteiger charge is 2.41. The Labute approximate surface area is 133 Å². The van der Waals surface area contributed by atoms with Crippen molar-refractivity contribution in [3.05, 3.63) is 23.8 Å². The Balaban J connectivity index is 2.35. The van der Waals surface area contributed by atoms with E-state index in [0.717, 1.165) is 6.26 Å². The standard InChI is InChI=1S/C15H18F3NO3S/c1-10(20)11-3-4-14(23(2,21)22)13(9-11)19-7-5-12(6-8-19)15(16,17)18/h3-4,9,12H,5-8H2,1-2H3. The largest absolute Gasteiger partial charge is 0.391 e. The SMILES string of the molecule is CC(=O)c1ccc(S(C)(=O)=O)c(N2CCC(C(F)(F)F)CC2)c1. The van der Waals surface area contributed by atoms with Crippen molar-refractivity contribution in [1.82, 2.24) is 0 Å². The molecule has 0 N–H and O–H groups in total. The van der Waals surface area contributed by atoms with Crippen LogP contribution in [0.1, 0.15) is 30.1 Å². The lowest BCUT2D eigenvalue weighted by Gasteiger charge is -2.35. The summed E-state index contributed by atoms with van der Waals surface area (Å²) in [5.74, 6) is -1.59. The van der Waals surface area contributed by atoms with Crippen LogP contribution in [0.3, 0.4) is 0 Å². The number of benzene rings is 1. The zero-order chi connectivity index (χ0) is 17.4. The number of anilines is 1. The van der Waals surface area contributed by atoms with Crippen LogP contribution in [0, 0.1) is 5.92 Å². The highest BCUT2D eigenvalue weighted by molar-refractivity contribution is 7.90. The lowest BCUT2D eigenvalue weighted by molar-refractivity contribution is -0.179. The summed E-state index contributed by atoms with van der Waals surface area (Å²) in [5.41, 5.74) is 0.645. The van der Waals surface area contributed by atoms with Gasteiger partial charge in [-0.1, -0.05) is 0 Å². The fourth-order valence-corrected chi connectivity index (χ4v) is 3.63. The number of ketones is 1. The molecule has 0 aromatic heterocycles. The lowest BCUT2D eigenvalue weighted by Crippen LogP contribution is -2.39. The summed E-state index contributed by atoms with van der Waals surface area (Å²) in [6.07, 6.45) is -3.36. The predicted octanol–water partition coefficient (Wildman–Crippen LogP) is 3.07. The third-order valence-electron chi connectivity index (χ3n) is 4.06. The number of sulfone groups is 1. The molecule has 0 saturated carbocycles. The average molecular weight is 349 g/mol. The van der Waals surface area contributed by atoms with E-state index in [1.54, 1.807) is 4.90 Å². The molecule has 1 aliphatic rings. The van der Waals surface area contributed by atoms with E-state index in [2.05, 4.69) is 0 Å². The van der Waals surface area contributed by atoms with Crippen molar-refractivity contribution in [3.8, 4) is 0 Å². The summed E-state index contributed by atoms with van der Waals surface area (Å²) in [7, 11) is -3.54. The van der Waals surface area contributed by atoms with Crippen molar-refractivity contribution in [1.29, 1.82) is 0 Å². The van der Waals surface area contributed by atoms with Crippen LogP contribution in [0.25, 0.3) is 0 Å². The van der Waals surface area contributed by atoms with E-state index in [4.69, 9.17) is 0 Å². The second-order valence-corrected chi connectivity index (χ2v) is 7.80. The number of rotatable bonds is 3. The first-order chi connectivity index (χ1) is 10.5. The van der Waals surface area contributed by atoms with E-state index in [-0.39, 0.29) is 36.6 Å². The quantitative estimate of drug-likeness (QED) is 0.787. The van der Waals surface area contributed by atoms with Crippen molar-refractivity contribution in [2.45, 2.75) is 30.8 Å². The van der Waals surface area contributed by atoms with Gasteiger partial charge in [-0.25, -0.2) is 8.42 Å². The van der Waals surface area contributed by atoms with Crippen LogP contribution in [-0.2, 0) is 9.84 Å². The first-order valence-corrected chi connectivity index (χ1v) is 9.06. The van der Waals surface area contributed by atoms with Crippen LogP contribution >= 0.6 is 0 Å². The molecule has 0 radical (unpaired) electrons. The molecule has 1 heterocycles. The van der Waals surface area contributed by atoms with Gasteiger partial charge in [0, 0.05) is 24.9 Å². The monoisotopic (exact) mass is 349 g/mol. The van der Waals surface area contributed by atoms with Gasteiger partial charge in [0.15, 0.2) is 15.6 Å². The topological polar surface area (TPSA) is 54.5 Å². The molecule has 4 nitrogen and oxygen atoms in total. The smallest absolute Gasteiger partial charge is 0.370 e. The summed E-state index contributed by atoms with van der Waals surface area (Å²) in [6, 6.07) is 4.22. The highest BCUT2D eigenvalue weighted by Crippen LogP contribution is 2.37. The molecule has 0 amide bonds. The first kappa shape index (κ1) is 17.8. The summed E-state index contributed by atoms with van der Waals surface area (Å²) < 4.78 is 62.1. The number of piperidine rings is 1. The van der Waals surface area contributed by atoms with E-state index in [1.165, 1.54) is 25.1 Å². The Morgan fingerprint density at radius 3 is 2.22 bits per heavy atom. The second-order valence-electron chi connectivity index (χ2n) is 5.81. The minimum Gasteiger partial charge on any atom is -0.370 e. The predicted molar refractivity (Wildman–Crippen MR) is 80.5 cm³/mol. The van der Waals surface area contributed by atoms with Gasteiger partial charge in [0.25, 0.3) is 0 Å². The number of carbonyl (C=O) groups is 1. The molecular formula is C15H18F3NO3S. The maximum absolute atomic E-state index is 12.8. The molecule has 1 saturated heterocycles. The van der Waals surface area contributed by atoms with Gasteiger partial charge in [-0.15, -0.1) is 0 Å². The van der Waals surface area contributed by atoms with Crippen LogP contribution in [0.4, 0.5) is 18.9 Å². The molecule has 0 aliphatic carbocycles. The van der Waals surface area contributed by atoms with E-state index in [0.29, 0.717) is 11.3 Å². The maximum atomic E-state index is 12.8. The van der Waals surface area contributed by atoms with Crippen molar-refractivity contribution in [2.24, 2.45) is 5.92 Å². The summed E-state index contributed by atoms with van der Waals surface area (Å²) in [5, 5.41) is 0. The fraction of sp³-hybridized carbons (Fsp3) is 0.533. The Morgan fingerprint density at radius 1 is 1.22 bits per heavy atom. The average Bonchev–Trinajstić information content (AvgIpc) is 2.45. The molecule has 0 atom stereocenters. The molecule has 1 fully saturated rings. The Kier molecular flexibility index (Phi) is 4.75. The lowest BCUT2D eigenvalue weighted by atomic mass is 9.95. The third kappa shape index (κ3) is 4.04. The normalized spacial score (nSPS) is 17.3. The molecule has 1 aromatic rings. The number of halogens is 3. The zero-order valence-corrected chi connectivity index (χ0v) is 13.7. The van der Waals surface area contributed by atoms with Crippen molar-refractivity contribution >= 4 is 21.3 Å². The number of hydrogen-bond acceptors (Lipinski definition) is 4. The third-order valence-corrected chi connectivity index (χ3v) is 5.21. The highest BCUT2D eigenvalue weighted by atomic mass is 32.2. The first-order valence-electron chi connectivity index (χ1n) is 7.17. The van der Waals surface area contributed by atoms with Gasteiger partial charge < -0.3 is 4.90 Å². The molecular weight excluding hydrogens is 331 g/mol. The second kappa shape index (κ2) is 6.14. The number of hydrogen-bond donors (Lipinski definition) is 0. The van der Waals surface area contributed by atoms with E-state index in [9.17, 15) is 26.4 Å². The molecule has 1 aromatic carbocycles. The molecule has 23 heavy (non-hydrogen) atoms. The van der Waals surface area contributed by atoms with Gasteiger partial charge in [0.2, 0.25) is 0 Å².